The second-order valence-electron chi connectivity index (χ2n) is 8.03. The molecule has 1 saturated heterocycles. The van der Waals surface area contributed by atoms with Gasteiger partial charge in [0.1, 0.15) is 24.0 Å². The molecule has 6 nitrogen and oxygen atoms in total. The van der Waals surface area contributed by atoms with Crippen molar-refractivity contribution in [3.05, 3.63) is 99.5 Å². The first-order valence-corrected chi connectivity index (χ1v) is 12.0. The number of rotatable bonds is 6. The molecule has 1 aliphatic heterocycles. The highest BCUT2D eigenvalue weighted by Gasteiger charge is 2.24. The summed E-state index contributed by atoms with van der Waals surface area (Å²) in [5, 5.41) is 18.9. The van der Waals surface area contributed by atoms with Gasteiger partial charge in [0, 0.05) is 37.4 Å². The molecule has 1 fully saturated rings. The second kappa shape index (κ2) is 11.4. The van der Waals surface area contributed by atoms with Gasteiger partial charge in [-0.2, -0.15) is 10.5 Å². The van der Waals surface area contributed by atoms with Crippen LogP contribution in [0, 0.1) is 22.7 Å². The normalized spacial score (nSPS) is 13.6. The molecule has 35 heavy (non-hydrogen) atoms. The molecule has 0 unspecified atom stereocenters. The molecule has 0 aliphatic carbocycles. The summed E-state index contributed by atoms with van der Waals surface area (Å²) in [6.07, 6.45) is 1.60. The lowest BCUT2D eigenvalue weighted by molar-refractivity contribution is -0.126. The Morgan fingerprint density at radius 3 is 2.37 bits per heavy atom. The Morgan fingerprint density at radius 1 is 0.971 bits per heavy atom. The van der Waals surface area contributed by atoms with Gasteiger partial charge in [0.05, 0.1) is 16.1 Å². The fourth-order valence-electron chi connectivity index (χ4n) is 3.92. The van der Waals surface area contributed by atoms with Crippen molar-refractivity contribution in [1.29, 1.82) is 10.5 Å². The Bertz CT molecular complexity index is 1320. The molecule has 0 saturated carbocycles. The number of benzene rings is 3. The van der Waals surface area contributed by atoms with Crippen LogP contribution in [0.3, 0.4) is 0 Å². The van der Waals surface area contributed by atoms with Gasteiger partial charge in [0.15, 0.2) is 0 Å². The van der Waals surface area contributed by atoms with Crippen LogP contribution in [-0.2, 0) is 11.4 Å². The molecule has 0 N–H and O–H groups in total. The van der Waals surface area contributed by atoms with Crippen LogP contribution in [0.25, 0.3) is 6.08 Å². The third-order valence-corrected chi connectivity index (χ3v) is 6.45. The predicted molar refractivity (Wildman–Crippen MR) is 138 cm³/mol. The minimum absolute atomic E-state index is 0.0988. The van der Waals surface area contributed by atoms with E-state index in [4.69, 9.17) is 4.74 Å². The van der Waals surface area contributed by atoms with Gasteiger partial charge < -0.3 is 14.5 Å². The molecule has 0 spiro atoms. The third kappa shape index (κ3) is 5.90. The average molecular weight is 527 g/mol. The van der Waals surface area contributed by atoms with E-state index in [9.17, 15) is 15.3 Å². The summed E-state index contributed by atoms with van der Waals surface area (Å²) in [5.74, 6) is 0.349. The monoisotopic (exact) mass is 526 g/mol. The average Bonchev–Trinajstić information content (AvgIpc) is 2.91. The van der Waals surface area contributed by atoms with E-state index >= 15 is 0 Å². The lowest BCUT2D eigenvalue weighted by Gasteiger charge is -2.36. The van der Waals surface area contributed by atoms with Gasteiger partial charge >= 0.3 is 0 Å². The summed E-state index contributed by atoms with van der Waals surface area (Å²) in [5.41, 5.74) is 3.33. The summed E-state index contributed by atoms with van der Waals surface area (Å²) in [6, 6.07) is 27.0. The van der Waals surface area contributed by atoms with Gasteiger partial charge in [0.2, 0.25) is 0 Å². The van der Waals surface area contributed by atoms with Crippen LogP contribution < -0.4 is 9.64 Å². The SMILES string of the molecule is N#C/C(=C/c1ccc(OCc2ccccc2C#N)c(Br)c1)C(=O)N1CCN(c2ccccc2)CC1. The highest BCUT2D eigenvalue weighted by Crippen LogP contribution is 2.28. The molecule has 0 aromatic heterocycles. The summed E-state index contributed by atoms with van der Waals surface area (Å²) in [4.78, 5) is 17.0. The topological polar surface area (TPSA) is 80.4 Å². The van der Waals surface area contributed by atoms with Crippen LogP contribution in [0.2, 0.25) is 0 Å². The summed E-state index contributed by atoms with van der Waals surface area (Å²) < 4.78 is 6.57. The van der Waals surface area contributed by atoms with Crippen molar-refractivity contribution in [1.82, 2.24) is 4.90 Å². The molecule has 1 aliphatic rings. The van der Waals surface area contributed by atoms with Gasteiger partial charge in [-0.25, -0.2) is 0 Å². The second-order valence-corrected chi connectivity index (χ2v) is 8.89. The van der Waals surface area contributed by atoms with Crippen LogP contribution in [0.1, 0.15) is 16.7 Å². The Labute approximate surface area is 213 Å². The number of ether oxygens (including phenoxy) is 1. The number of carbonyl (C=O) groups is 1. The fourth-order valence-corrected chi connectivity index (χ4v) is 4.43. The minimum atomic E-state index is -0.259. The number of para-hydroxylation sites is 1. The number of nitrogens with zero attached hydrogens (tertiary/aromatic N) is 4. The Hall–Kier alpha value is -4.07. The molecule has 3 aromatic carbocycles. The van der Waals surface area contributed by atoms with E-state index in [1.54, 1.807) is 29.2 Å². The van der Waals surface area contributed by atoms with Crippen LogP contribution >= 0.6 is 15.9 Å². The quantitative estimate of drug-likeness (QED) is 0.327. The summed E-state index contributed by atoms with van der Waals surface area (Å²) in [6.45, 7) is 2.83. The van der Waals surface area contributed by atoms with E-state index in [-0.39, 0.29) is 18.1 Å². The highest BCUT2D eigenvalue weighted by atomic mass is 79.9. The number of anilines is 1. The van der Waals surface area contributed by atoms with E-state index in [1.165, 1.54) is 0 Å². The zero-order valence-corrected chi connectivity index (χ0v) is 20.6. The van der Waals surface area contributed by atoms with E-state index in [1.807, 2.05) is 42.5 Å². The van der Waals surface area contributed by atoms with Crippen molar-refractivity contribution in [3.8, 4) is 17.9 Å². The zero-order chi connectivity index (χ0) is 24.6. The van der Waals surface area contributed by atoms with Gasteiger partial charge in [0.25, 0.3) is 5.91 Å². The minimum Gasteiger partial charge on any atom is -0.488 e. The van der Waals surface area contributed by atoms with Crippen molar-refractivity contribution in [3.63, 3.8) is 0 Å². The molecule has 0 bridgehead atoms. The highest BCUT2D eigenvalue weighted by molar-refractivity contribution is 9.10. The van der Waals surface area contributed by atoms with Gasteiger partial charge in [-0.3, -0.25) is 4.79 Å². The number of hydrogen-bond donors (Lipinski definition) is 0. The van der Waals surface area contributed by atoms with E-state index in [0.29, 0.717) is 28.9 Å². The molecule has 1 heterocycles. The smallest absolute Gasteiger partial charge is 0.264 e. The Balaban J connectivity index is 1.40. The maximum absolute atomic E-state index is 13.0. The zero-order valence-electron chi connectivity index (χ0n) is 19.0. The number of amides is 1. The first kappa shape index (κ1) is 24.1. The molecule has 4 rings (SSSR count). The van der Waals surface area contributed by atoms with E-state index < -0.39 is 0 Å². The van der Waals surface area contributed by atoms with Gasteiger partial charge in [-0.15, -0.1) is 0 Å². The molecular weight excluding hydrogens is 504 g/mol. The molecule has 7 heteroatoms. The maximum Gasteiger partial charge on any atom is 0.264 e. The molecule has 1 amide bonds. The first-order chi connectivity index (χ1) is 17.1. The Kier molecular flexibility index (Phi) is 7.82. The number of halogens is 1. The number of nitriles is 2. The molecule has 0 atom stereocenters. The summed E-state index contributed by atoms with van der Waals surface area (Å²) >= 11 is 3.51. The number of piperazine rings is 1. The molecule has 0 radical (unpaired) electrons. The number of carbonyl (C=O) groups excluding carboxylic acids is 1. The summed E-state index contributed by atoms with van der Waals surface area (Å²) in [7, 11) is 0. The lowest BCUT2D eigenvalue weighted by Crippen LogP contribution is -2.49. The van der Waals surface area contributed by atoms with Crippen molar-refractivity contribution in [2.45, 2.75) is 6.61 Å². The van der Waals surface area contributed by atoms with Crippen LogP contribution in [-0.4, -0.2) is 37.0 Å². The van der Waals surface area contributed by atoms with Crippen molar-refractivity contribution >= 4 is 33.6 Å². The van der Waals surface area contributed by atoms with Crippen molar-refractivity contribution in [2.75, 3.05) is 31.1 Å². The van der Waals surface area contributed by atoms with Crippen LogP contribution in [0.15, 0.2) is 82.8 Å². The molecule has 174 valence electrons. The Morgan fingerprint density at radius 2 is 1.69 bits per heavy atom. The number of hydrogen-bond acceptors (Lipinski definition) is 5. The van der Waals surface area contributed by atoms with Crippen molar-refractivity contribution < 1.29 is 9.53 Å². The predicted octanol–water partition coefficient (Wildman–Crippen LogP) is 5.16. The van der Waals surface area contributed by atoms with Gasteiger partial charge in [-0.1, -0.05) is 42.5 Å². The first-order valence-electron chi connectivity index (χ1n) is 11.2. The maximum atomic E-state index is 13.0. The van der Waals surface area contributed by atoms with Crippen LogP contribution in [0.4, 0.5) is 5.69 Å². The van der Waals surface area contributed by atoms with E-state index in [0.717, 1.165) is 29.9 Å². The standard InChI is InChI=1S/C28H23BrN4O2/c29-26-17-21(10-11-27(26)35-20-23-7-5-4-6-22(23)18-30)16-24(19-31)28(34)33-14-12-32(13-15-33)25-8-2-1-3-9-25/h1-11,16-17H,12-15,20H2/b24-16-. The molecule has 3 aromatic rings. The molecular formula is C28H23BrN4O2. The largest absolute Gasteiger partial charge is 0.488 e. The van der Waals surface area contributed by atoms with E-state index in [2.05, 4.69) is 45.1 Å². The van der Waals surface area contributed by atoms with Gasteiger partial charge in [-0.05, 0) is 57.9 Å². The third-order valence-electron chi connectivity index (χ3n) is 5.83. The lowest BCUT2D eigenvalue weighted by atomic mass is 10.1. The fraction of sp³-hybridized carbons (Fsp3) is 0.179. The van der Waals surface area contributed by atoms with Crippen molar-refractivity contribution in [2.24, 2.45) is 0 Å². The van der Waals surface area contributed by atoms with Crippen LogP contribution in [0.5, 0.6) is 5.75 Å².